The van der Waals surface area contributed by atoms with Crippen LogP contribution < -0.4 is 4.74 Å². The minimum absolute atomic E-state index is 0.457. The van der Waals surface area contributed by atoms with Crippen LogP contribution in [0.2, 0.25) is 5.02 Å². The number of ether oxygens (including phenoxy) is 1. The first-order valence-electron chi connectivity index (χ1n) is 10.4. The molecule has 0 fully saturated rings. The predicted octanol–water partition coefficient (Wildman–Crippen LogP) is 7.01. The van der Waals surface area contributed by atoms with Crippen molar-refractivity contribution in [1.29, 1.82) is 5.26 Å². The minimum atomic E-state index is -0.470. The van der Waals surface area contributed by atoms with Crippen LogP contribution in [0.3, 0.4) is 0 Å². The molecule has 0 aliphatic carbocycles. The van der Waals surface area contributed by atoms with Gasteiger partial charge in [0.15, 0.2) is 0 Å². The van der Waals surface area contributed by atoms with E-state index in [1.165, 1.54) is 11.5 Å². The van der Waals surface area contributed by atoms with Gasteiger partial charge in [-0.3, -0.25) is 0 Å². The van der Waals surface area contributed by atoms with E-state index in [0.29, 0.717) is 27.1 Å². The molecule has 0 aliphatic heterocycles. The number of aliphatic imine (C=N–C) groups is 1. The van der Waals surface area contributed by atoms with Gasteiger partial charge in [-0.15, -0.1) is 0 Å². The molecule has 0 atom stereocenters. The van der Waals surface area contributed by atoms with E-state index < -0.39 is 5.41 Å². The summed E-state index contributed by atoms with van der Waals surface area (Å²) in [5.41, 5.74) is 4.54. The Balaban J connectivity index is 1.93. The van der Waals surface area contributed by atoms with Crippen LogP contribution in [0, 0.1) is 25.2 Å². The monoisotopic (exact) mass is 466 g/mol. The summed E-state index contributed by atoms with van der Waals surface area (Å²) in [7, 11) is 1.99. The van der Waals surface area contributed by atoms with Crippen molar-refractivity contribution in [3.05, 3.63) is 69.4 Å². The van der Waals surface area contributed by atoms with Gasteiger partial charge in [0.2, 0.25) is 5.06 Å². The van der Waals surface area contributed by atoms with Crippen molar-refractivity contribution in [2.24, 2.45) is 4.99 Å². The normalized spacial score (nSPS) is 11.6. The van der Waals surface area contributed by atoms with Crippen molar-refractivity contribution < 1.29 is 4.74 Å². The number of hydrogen-bond donors (Lipinski definition) is 0. The van der Waals surface area contributed by atoms with E-state index in [1.807, 2.05) is 82.4 Å². The summed E-state index contributed by atoms with van der Waals surface area (Å²) in [5.74, 6) is 0.696. The zero-order chi connectivity index (χ0) is 23.5. The van der Waals surface area contributed by atoms with Crippen LogP contribution in [-0.2, 0) is 5.41 Å². The van der Waals surface area contributed by atoms with Gasteiger partial charge in [-0.1, -0.05) is 37.6 Å². The topological polar surface area (TPSA) is 61.5 Å². The molecular formula is C25H27ClN4OS. The SMILES string of the molecule is CCN(C)/C=N\c1cc(C)c(Oc2snc(C(C)(C)c3ccc(Cl)cc3)c2C#N)cc1C. The molecular weight excluding hydrogens is 440 g/mol. The van der Waals surface area contributed by atoms with Crippen LogP contribution >= 0.6 is 23.1 Å². The molecule has 0 N–H and O–H groups in total. The predicted molar refractivity (Wildman–Crippen MR) is 133 cm³/mol. The third-order valence-corrected chi connectivity index (χ3v) is 6.50. The lowest BCUT2D eigenvalue weighted by molar-refractivity contribution is 0.489. The molecule has 1 aromatic heterocycles. The fourth-order valence-electron chi connectivity index (χ4n) is 3.24. The van der Waals surface area contributed by atoms with Gasteiger partial charge in [-0.2, -0.15) is 9.64 Å². The molecule has 0 saturated carbocycles. The van der Waals surface area contributed by atoms with Crippen molar-refractivity contribution >= 4 is 35.2 Å². The highest BCUT2D eigenvalue weighted by molar-refractivity contribution is 7.08. The summed E-state index contributed by atoms with van der Waals surface area (Å²) < 4.78 is 10.8. The van der Waals surface area contributed by atoms with Gasteiger partial charge in [-0.25, -0.2) is 4.99 Å². The maximum Gasteiger partial charge on any atom is 0.218 e. The number of nitrogens with zero attached hydrogens (tertiary/aromatic N) is 4. The van der Waals surface area contributed by atoms with Gasteiger partial charge < -0.3 is 9.64 Å². The first-order valence-corrected chi connectivity index (χ1v) is 11.5. The molecule has 3 aromatic rings. The summed E-state index contributed by atoms with van der Waals surface area (Å²) in [6, 6.07) is 13.9. The van der Waals surface area contributed by atoms with Gasteiger partial charge in [0.05, 0.1) is 17.7 Å². The van der Waals surface area contributed by atoms with Crippen LogP contribution in [0.5, 0.6) is 10.8 Å². The molecule has 1 heterocycles. The van der Waals surface area contributed by atoms with E-state index in [4.69, 9.17) is 16.3 Å². The number of hydrogen-bond acceptors (Lipinski definition) is 5. The third kappa shape index (κ3) is 4.95. The first kappa shape index (κ1) is 23.8. The molecule has 3 rings (SSSR count). The Kier molecular flexibility index (Phi) is 7.22. The van der Waals surface area contributed by atoms with Gasteiger partial charge in [0, 0.05) is 35.6 Å². The summed E-state index contributed by atoms with van der Waals surface area (Å²) in [4.78, 5) is 6.58. The average molecular weight is 467 g/mol. The molecule has 2 aromatic carbocycles. The maximum absolute atomic E-state index is 9.93. The number of benzene rings is 2. The van der Waals surface area contributed by atoms with Gasteiger partial charge in [0.1, 0.15) is 17.4 Å². The second-order valence-corrected chi connectivity index (χ2v) is 9.43. The second-order valence-electron chi connectivity index (χ2n) is 8.26. The van der Waals surface area contributed by atoms with Crippen molar-refractivity contribution in [2.45, 2.75) is 40.0 Å². The first-order chi connectivity index (χ1) is 15.2. The molecule has 0 aliphatic rings. The Bertz CT molecular complexity index is 1180. The second kappa shape index (κ2) is 9.72. The number of aryl methyl sites for hydroxylation is 2. The average Bonchev–Trinajstić information content (AvgIpc) is 3.18. The van der Waals surface area contributed by atoms with E-state index in [9.17, 15) is 5.26 Å². The smallest absolute Gasteiger partial charge is 0.218 e. The third-order valence-electron chi connectivity index (χ3n) is 5.52. The Hall–Kier alpha value is -2.88. The highest BCUT2D eigenvalue weighted by Crippen LogP contribution is 2.41. The van der Waals surface area contributed by atoms with Gasteiger partial charge in [0.25, 0.3) is 0 Å². The largest absolute Gasteiger partial charge is 0.443 e. The molecule has 0 radical (unpaired) electrons. The quantitative estimate of drug-likeness (QED) is 0.277. The Morgan fingerprint density at radius 2 is 1.91 bits per heavy atom. The Labute approximate surface area is 199 Å². The van der Waals surface area contributed by atoms with Crippen LogP contribution in [0.25, 0.3) is 0 Å². The van der Waals surface area contributed by atoms with Crippen molar-refractivity contribution in [1.82, 2.24) is 9.27 Å². The van der Waals surface area contributed by atoms with Crippen LogP contribution in [0.15, 0.2) is 41.4 Å². The molecule has 0 unspecified atom stereocenters. The van der Waals surface area contributed by atoms with E-state index in [2.05, 4.69) is 22.4 Å². The van der Waals surface area contributed by atoms with E-state index in [-0.39, 0.29) is 0 Å². The van der Waals surface area contributed by atoms with Crippen LogP contribution in [-0.4, -0.2) is 29.2 Å². The minimum Gasteiger partial charge on any atom is -0.443 e. The van der Waals surface area contributed by atoms with Crippen LogP contribution in [0.1, 0.15) is 48.7 Å². The zero-order valence-electron chi connectivity index (χ0n) is 19.2. The number of rotatable bonds is 7. The molecule has 166 valence electrons. The van der Waals surface area contributed by atoms with Gasteiger partial charge >= 0.3 is 0 Å². The molecule has 5 nitrogen and oxygen atoms in total. The van der Waals surface area contributed by atoms with Crippen molar-refractivity contribution in [3.63, 3.8) is 0 Å². The molecule has 32 heavy (non-hydrogen) atoms. The fourth-order valence-corrected chi connectivity index (χ4v) is 4.22. The zero-order valence-corrected chi connectivity index (χ0v) is 20.8. The lowest BCUT2D eigenvalue weighted by atomic mass is 9.80. The molecule has 0 amide bonds. The summed E-state index contributed by atoms with van der Waals surface area (Å²) in [6.07, 6.45) is 1.82. The standard InChI is InChI=1S/C25H27ClN4OS/c1-7-30(6)15-28-21-12-17(3)22(13-16(21)2)31-24-20(14-27)23(29-32-24)25(4,5)18-8-10-19(26)11-9-18/h8-13,15H,7H2,1-6H3/b28-15-. The Morgan fingerprint density at radius 1 is 1.22 bits per heavy atom. The van der Waals surface area contributed by atoms with Crippen LogP contribution in [0.4, 0.5) is 5.69 Å². The molecule has 7 heteroatoms. The van der Waals surface area contributed by atoms with Crippen molar-refractivity contribution in [3.8, 4) is 16.9 Å². The summed E-state index contributed by atoms with van der Waals surface area (Å²) >= 11 is 7.24. The molecule has 0 spiro atoms. The highest BCUT2D eigenvalue weighted by Gasteiger charge is 2.31. The lowest BCUT2D eigenvalue weighted by Gasteiger charge is -2.23. The number of nitriles is 1. The van der Waals surface area contributed by atoms with E-state index in [0.717, 1.165) is 28.9 Å². The maximum atomic E-state index is 9.93. The van der Waals surface area contributed by atoms with E-state index >= 15 is 0 Å². The fraction of sp³-hybridized carbons (Fsp3) is 0.320. The van der Waals surface area contributed by atoms with Crippen molar-refractivity contribution in [2.75, 3.05) is 13.6 Å². The highest BCUT2D eigenvalue weighted by atomic mass is 35.5. The Morgan fingerprint density at radius 3 is 2.53 bits per heavy atom. The summed E-state index contributed by atoms with van der Waals surface area (Å²) in [5, 5.41) is 11.1. The molecule has 0 saturated heterocycles. The lowest BCUT2D eigenvalue weighted by Crippen LogP contribution is -2.20. The number of aromatic nitrogens is 1. The van der Waals surface area contributed by atoms with Gasteiger partial charge in [-0.05, 0) is 61.7 Å². The number of halogens is 1. The molecule has 0 bridgehead atoms. The van der Waals surface area contributed by atoms with E-state index in [1.54, 1.807) is 0 Å². The summed E-state index contributed by atoms with van der Waals surface area (Å²) in [6.45, 7) is 11.0.